The predicted octanol–water partition coefficient (Wildman–Crippen LogP) is 0.914. The zero-order chi connectivity index (χ0) is 17.8. The molecule has 1 aromatic rings. The van der Waals surface area contributed by atoms with E-state index in [1.165, 1.54) is 25.3 Å². The van der Waals surface area contributed by atoms with Gasteiger partial charge in [-0.3, -0.25) is 4.79 Å². The Kier molecular flexibility index (Phi) is 6.28. The van der Waals surface area contributed by atoms with Crippen LogP contribution in [0.15, 0.2) is 23.1 Å². The highest BCUT2D eigenvalue weighted by molar-refractivity contribution is 7.89. The van der Waals surface area contributed by atoms with Crippen molar-refractivity contribution in [1.29, 1.82) is 0 Å². The maximum atomic E-state index is 12.9. The molecule has 0 saturated carbocycles. The average molecular weight is 342 g/mol. The smallest absolute Gasteiger partial charge is 0.337 e. The number of rotatable bonds is 7. The van der Waals surface area contributed by atoms with Crippen molar-refractivity contribution in [3.05, 3.63) is 29.3 Å². The maximum Gasteiger partial charge on any atom is 0.337 e. The number of aryl methyl sites for hydroxylation is 1. The van der Waals surface area contributed by atoms with Crippen LogP contribution in [0, 0.1) is 12.8 Å². The molecule has 0 atom stereocenters. The lowest BCUT2D eigenvalue weighted by molar-refractivity contribution is -0.118. The van der Waals surface area contributed by atoms with Crippen molar-refractivity contribution in [2.24, 2.45) is 11.7 Å². The summed E-state index contributed by atoms with van der Waals surface area (Å²) >= 11 is 0. The molecule has 0 fully saturated rings. The van der Waals surface area contributed by atoms with E-state index in [0.717, 1.165) is 4.31 Å². The van der Waals surface area contributed by atoms with E-state index in [1.807, 2.05) is 13.8 Å². The predicted molar refractivity (Wildman–Crippen MR) is 85.3 cm³/mol. The van der Waals surface area contributed by atoms with Crippen LogP contribution in [0.2, 0.25) is 0 Å². The quantitative estimate of drug-likeness (QED) is 0.741. The molecule has 128 valence electrons. The Morgan fingerprint density at radius 2 is 1.91 bits per heavy atom. The van der Waals surface area contributed by atoms with Crippen molar-refractivity contribution < 1.29 is 22.7 Å². The first-order valence-corrected chi connectivity index (χ1v) is 8.51. The van der Waals surface area contributed by atoms with Gasteiger partial charge in [-0.25, -0.2) is 13.2 Å². The number of benzene rings is 1. The van der Waals surface area contributed by atoms with Crippen LogP contribution in [0.3, 0.4) is 0 Å². The number of ether oxygens (including phenoxy) is 1. The number of methoxy groups -OCH3 is 1. The van der Waals surface area contributed by atoms with Crippen LogP contribution in [0.1, 0.15) is 29.8 Å². The van der Waals surface area contributed by atoms with Crippen molar-refractivity contribution in [1.82, 2.24) is 4.31 Å². The third-order valence-corrected chi connectivity index (χ3v) is 5.08. The zero-order valence-corrected chi connectivity index (χ0v) is 14.5. The number of nitrogens with zero attached hydrogens (tertiary/aromatic N) is 1. The molecular weight excluding hydrogens is 320 g/mol. The summed E-state index contributed by atoms with van der Waals surface area (Å²) in [4.78, 5) is 22.8. The summed E-state index contributed by atoms with van der Waals surface area (Å²) < 4.78 is 31.3. The zero-order valence-electron chi connectivity index (χ0n) is 13.7. The second kappa shape index (κ2) is 7.56. The van der Waals surface area contributed by atoms with Gasteiger partial charge in [-0.15, -0.1) is 0 Å². The summed E-state index contributed by atoms with van der Waals surface area (Å²) in [6.45, 7) is 5.02. The van der Waals surface area contributed by atoms with Gasteiger partial charge in [0.2, 0.25) is 15.9 Å². The van der Waals surface area contributed by atoms with E-state index in [1.54, 1.807) is 6.92 Å². The minimum absolute atomic E-state index is 0.00761. The number of hydrogen-bond donors (Lipinski definition) is 1. The van der Waals surface area contributed by atoms with Crippen molar-refractivity contribution in [3.8, 4) is 0 Å². The molecule has 1 aromatic carbocycles. The molecule has 0 radical (unpaired) electrons. The number of primary amides is 1. The monoisotopic (exact) mass is 342 g/mol. The van der Waals surface area contributed by atoms with Crippen LogP contribution in [0.25, 0.3) is 0 Å². The lowest BCUT2D eigenvalue weighted by Gasteiger charge is -2.23. The minimum atomic E-state index is -3.96. The molecule has 1 amide bonds. The van der Waals surface area contributed by atoms with Crippen LogP contribution in [0.5, 0.6) is 0 Å². The second-order valence-corrected chi connectivity index (χ2v) is 7.54. The van der Waals surface area contributed by atoms with Gasteiger partial charge in [0.05, 0.1) is 24.1 Å². The maximum absolute atomic E-state index is 12.9. The summed E-state index contributed by atoms with van der Waals surface area (Å²) in [5.41, 5.74) is 5.76. The Morgan fingerprint density at radius 3 is 2.39 bits per heavy atom. The summed E-state index contributed by atoms with van der Waals surface area (Å²) in [6.07, 6.45) is 0. The lowest BCUT2D eigenvalue weighted by atomic mass is 10.1. The summed E-state index contributed by atoms with van der Waals surface area (Å²) in [5.74, 6) is -1.36. The van der Waals surface area contributed by atoms with E-state index in [9.17, 15) is 18.0 Å². The largest absolute Gasteiger partial charge is 0.465 e. The van der Waals surface area contributed by atoms with Gasteiger partial charge in [-0.2, -0.15) is 4.31 Å². The van der Waals surface area contributed by atoms with Crippen LogP contribution < -0.4 is 5.73 Å². The number of esters is 1. The molecule has 0 aliphatic rings. The number of hydrogen-bond acceptors (Lipinski definition) is 5. The van der Waals surface area contributed by atoms with E-state index in [0.29, 0.717) is 5.56 Å². The minimum Gasteiger partial charge on any atom is -0.465 e. The molecule has 8 heteroatoms. The van der Waals surface area contributed by atoms with E-state index in [4.69, 9.17) is 5.73 Å². The fourth-order valence-electron chi connectivity index (χ4n) is 2.09. The molecule has 0 unspecified atom stereocenters. The van der Waals surface area contributed by atoms with Crippen LogP contribution in [0.4, 0.5) is 0 Å². The normalized spacial score (nSPS) is 11.7. The number of carbonyl (C=O) groups is 2. The van der Waals surface area contributed by atoms with Gasteiger partial charge in [0.15, 0.2) is 0 Å². The third-order valence-electron chi connectivity index (χ3n) is 3.13. The van der Waals surface area contributed by atoms with Gasteiger partial charge in [-0.05, 0) is 30.5 Å². The van der Waals surface area contributed by atoms with E-state index >= 15 is 0 Å². The molecule has 1 rings (SSSR count). The summed E-state index contributed by atoms with van der Waals surface area (Å²) in [6, 6.07) is 4.27. The molecule has 23 heavy (non-hydrogen) atoms. The Balaban J connectivity index is 3.38. The average Bonchev–Trinajstić information content (AvgIpc) is 2.45. The summed E-state index contributed by atoms with van der Waals surface area (Å²) in [5, 5.41) is 0. The number of amides is 1. The lowest BCUT2D eigenvalue weighted by Crippen LogP contribution is -2.40. The van der Waals surface area contributed by atoms with Gasteiger partial charge < -0.3 is 10.5 Å². The highest BCUT2D eigenvalue weighted by atomic mass is 32.2. The van der Waals surface area contributed by atoms with E-state index in [-0.39, 0.29) is 22.9 Å². The SMILES string of the molecule is COC(=O)c1ccc(C)c(S(=O)(=O)N(CC(N)=O)CC(C)C)c1. The Hall–Kier alpha value is -1.93. The Morgan fingerprint density at radius 1 is 1.30 bits per heavy atom. The van der Waals surface area contributed by atoms with Gasteiger partial charge in [0.25, 0.3) is 0 Å². The molecule has 0 aromatic heterocycles. The highest BCUT2D eigenvalue weighted by Crippen LogP contribution is 2.22. The standard InChI is InChI=1S/C15H22N2O5S/c1-10(2)8-17(9-14(16)18)23(20,21)13-7-12(15(19)22-4)6-5-11(13)3/h5-7,10H,8-9H2,1-4H3,(H2,16,18). The highest BCUT2D eigenvalue weighted by Gasteiger charge is 2.28. The molecule has 0 bridgehead atoms. The van der Waals surface area contributed by atoms with Crippen LogP contribution >= 0.6 is 0 Å². The first-order chi connectivity index (χ1) is 10.6. The van der Waals surface area contributed by atoms with Crippen LogP contribution in [-0.4, -0.2) is 44.8 Å². The Labute approximate surface area is 136 Å². The molecule has 0 aliphatic carbocycles. The first kappa shape index (κ1) is 19.1. The van der Waals surface area contributed by atoms with Crippen LogP contribution in [-0.2, 0) is 19.6 Å². The topological polar surface area (TPSA) is 107 Å². The number of nitrogens with two attached hydrogens (primary N) is 1. The summed E-state index contributed by atoms with van der Waals surface area (Å²) in [7, 11) is -2.74. The molecule has 2 N–H and O–H groups in total. The molecular formula is C15H22N2O5S. The van der Waals surface area contributed by atoms with Crippen molar-refractivity contribution in [3.63, 3.8) is 0 Å². The third kappa shape index (κ3) is 4.77. The Bertz CT molecular complexity index is 698. The fourth-order valence-corrected chi connectivity index (χ4v) is 3.91. The molecule has 7 nitrogen and oxygen atoms in total. The molecule has 0 heterocycles. The van der Waals surface area contributed by atoms with Gasteiger partial charge in [-0.1, -0.05) is 19.9 Å². The van der Waals surface area contributed by atoms with E-state index in [2.05, 4.69) is 4.74 Å². The van der Waals surface area contributed by atoms with Gasteiger partial charge in [0.1, 0.15) is 0 Å². The van der Waals surface area contributed by atoms with E-state index < -0.39 is 28.4 Å². The molecule has 0 spiro atoms. The fraction of sp³-hybridized carbons (Fsp3) is 0.467. The van der Waals surface area contributed by atoms with Crippen molar-refractivity contribution in [2.45, 2.75) is 25.7 Å². The van der Waals surface area contributed by atoms with Crippen molar-refractivity contribution >= 4 is 21.9 Å². The molecule has 0 saturated heterocycles. The molecule has 0 aliphatic heterocycles. The van der Waals surface area contributed by atoms with Crippen molar-refractivity contribution in [2.75, 3.05) is 20.2 Å². The number of sulfonamides is 1. The van der Waals surface area contributed by atoms with Gasteiger partial charge in [0, 0.05) is 6.54 Å². The van der Waals surface area contributed by atoms with Gasteiger partial charge >= 0.3 is 5.97 Å². The first-order valence-electron chi connectivity index (χ1n) is 7.07. The second-order valence-electron chi connectivity index (χ2n) is 5.63. The number of carbonyl (C=O) groups excluding carboxylic acids is 2.